The SMILES string of the molecule is O=C(c1ccc(-n2cnnn2)cc1)N1CC[C@@H]2CNC[C@@H]2CC1. The normalized spacial score (nSPS) is 24.3. The number of carbonyl (C=O) groups is 1. The maximum atomic E-state index is 12.7. The van der Waals surface area contributed by atoms with Crippen molar-refractivity contribution in [2.75, 3.05) is 26.2 Å². The summed E-state index contributed by atoms with van der Waals surface area (Å²) in [6, 6.07) is 7.46. The summed E-state index contributed by atoms with van der Waals surface area (Å²) in [7, 11) is 0. The van der Waals surface area contributed by atoms with Crippen LogP contribution in [0, 0.1) is 11.8 Å². The molecule has 1 amide bonds. The molecule has 2 saturated heterocycles. The molecule has 0 radical (unpaired) electrons. The van der Waals surface area contributed by atoms with Crippen LogP contribution in [0.4, 0.5) is 0 Å². The molecule has 7 heteroatoms. The molecule has 0 aliphatic carbocycles. The Balaban J connectivity index is 1.46. The van der Waals surface area contributed by atoms with Gasteiger partial charge in [0.2, 0.25) is 0 Å². The summed E-state index contributed by atoms with van der Waals surface area (Å²) in [6.07, 6.45) is 3.75. The van der Waals surface area contributed by atoms with Crippen LogP contribution in [-0.4, -0.2) is 57.2 Å². The van der Waals surface area contributed by atoms with Gasteiger partial charge in [-0.3, -0.25) is 4.79 Å². The highest BCUT2D eigenvalue weighted by atomic mass is 16.2. The molecule has 7 nitrogen and oxygen atoms in total. The van der Waals surface area contributed by atoms with Crippen molar-refractivity contribution in [3.8, 4) is 5.69 Å². The van der Waals surface area contributed by atoms with Gasteiger partial charge in [-0.2, -0.15) is 0 Å². The number of carbonyl (C=O) groups excluding carboxylic acids is 1. The average molecular weight is 312 g/mol. The van der Waals surface area contributed by atoms with Crippen molar-refractivity contribution in [2.24, 2.45) is 11.8 Å². The predicted molar refractivity (Wildman–Crippen MR) is 84.1 cm³/mol. The number of likely N-dealkylation sites (tertiary alicyclic amines) is 1. The van der Waals surface area contributed by atoms with Gasteiger partial charge < -0.3 is 10.2 Å². The molecular weight excluding hydrogens is 292 g/mol. The van der Waals surface area contributed by atoms with Gasteiger partial charge in [0, 0.05) is 18.7 Å². The third-order valence-corrected chi connectivity index (χ3v) is 5.03. The van der Waals surface area contributed by atoms with Crippen molar-refractivity contribution in [1.82, 2.24) is 30.4 Å². The van der Waals surface area contributed by atoms with Crippen LogP contribution in [0.3, 0.4) is 0 Å². The Morgan fingerprint density at radius 1 is 1.09 bits per heavy atom. The van der Waals surface area contributed by atoms with E-state index in [2.05, 4.69) is 20.8 Å². The van der Waals surface area contributed by atoms with E-state index in [9.17, 15) is 4.79 Å². The van der Waals surface area contributed by atoms with E-state index in [1.54, 1.807) is 11.0 Å². The van der Waals surface area contributed by atoms with Crippen molar-refractivity contribution < 1.29 is 4.79 Å². The third kappa shape index (κ3) is 2.84. The van der Waals surface area contributed by atoms with E-state index >= 15 is 0 Å². The van der Waals surface area contributed by atoms with E-state index in [-0.39, 0.29) is 5.91 Å². The molecule has 2 atom stereocenters. The Hall–Kier alpha value is -2.28. The number of nitrogens with one attached hydrogen (secondary N) is 1. The second-order valence-electron chi connectivity index (χ2n) is 6.35. The Kier molecular flexibility index (Phi) is 3.78. The molecular formula is C16H20N6O. The van der Waals surface area contributed by atoms with Gasteiger partial charge in [0.25, 0.3) is 5.91 Å². The molecule has 0 bridgehead atoms. The van der Waals surface area contributed by atoms with Gasteiger partial charge in [0.05, 0.1) is 5.69 Å². The first-order valence-corrected chi connectivity index (χ1v) is 8.14. The second-order valence-corrected chi connectivity index (χ2v) is 6.35. The smallest absolute Gasteiger partial charge is 0.253 e. The molecule has 2 aromatic rings. The monoisotopic (exact) mass is 312 g/mol. The quantitative estimate of drug-likeness (QED) is 0.885. The molecule has 1 N–H and O–H groups in total. The Morgan fingerprint density at radius 3 is 2.39 bits per heavy atom. The highest BCUT2D eigenvalue weighted by molar-refractivity contribution is 5.94. The molecule has 23 heavy (non-hydrogen) atoms. The van der Waals surface area contributed by atoms with E-state index in [0.717, 1.165) is 62.1 Å². The maximum absolute atomic E-state index is 12.7. The van der Waals surface area contributed by atoms with Crippen molar-refractivity contribution >= 4 is 5.91 Å². The molecule has 0 saturated carbocycles. The molecule has 2 fully saturated rings. The first kappa shape index (κ1) is 14.3. The number of tetrazole rings is 1. The van der Waals surface area contributed by atoms with E-state index < -0.39 is 0 Å². The van der Waals surface area contributed by atoms with Crippen molar-refractivity contribution in [3.63, 3.8) is 0 Å². The van der Waals surface area contributed by atoms with E-state index in [0.29, 0.717) is 0 Å². The van der Waals surface area contributed by atoms with Gasteiger partial charge >= 0.3 is 0 Å². The fourth-order valence-corrected chi connectivity index (χ4v) is 3.64. The number of hydrogen-bond donors (Lipinski definition) is 1. The van der Waals surface area contributed by atoms with Crippen LogP contribution in [0.5, 0.6) is 0 Å². The summed E-state index contributed by atoms with van der Waals surface area (Å²) in [5.41, 5.74) is 1.58. The van der Waals surface area contributed by atoms with E-state index in [1.807, 2.05) is 29.2 Å². The fraction of sp³-hybridized carbons (Fsp3) is 0.500. The number of aromatic nitrogens is 4. The minimum absolute atomic E-state index is 0.126. The summed E-state index contributed by atoms with van der Waals surface area (Å²) >= 11 is 0. The molecule has 1 aromatic carbocycles. The van der Waals surface area contributed by atoms with Crippen molar-refractivity contribution in [1.29, 1.82) is 0 Å². The summed E-state index contributed by atoms with van der Waals surface area (Å²) in [5, 5.41) is 14.6. The highest BCUT2D eigenvalue weighted by Crippen LogP contribution is 2.27. The zero-order valence-corrected chi connectivity index (χ0v) is 12.9. The average Bonchev–Trinajstić information content (AvgIpc) is 3.24. The maximum Gasteiger partial charge on any atom is 0.253 e. The predicted octanol–water partition coefficient (Wildman–Crippen LogP) is 0.734. The number of fused-ring (bicyclic) bond motifs is 1. The van der Waals surface area contributed by atoms with Gasteiger partial charge in [0.15, 0.2) is 0 Å². The molecule has 0 unspecified atom stereocenters. The molecule has 0 spiro atoms. The second kappa shape index (κ2) is 6.08. The molecule has 1 aromatic heterocycles. The summed E-state index contributed by atoms with van der Waals surface area (Å²) < 4.78 is 1.58. The lowest BCUT2D eigenvalue weighted by atomic mass is 9.92. The van der Waals surface area contributed by atoms with Crippen LogP contribution in [0.25, 0.3) is 5.69 Å². The van der Waals surface area contributed by atoms with Crippen LogP contribution in [0.2, 0.25) is 0 Å². The molecule has 2 aliphatic heterocycles. The van der Waals surface area contributed by atoms with Crippen molar-refractivity contribution in [2.45, 2.75) is 12.8 Å². The van der Waals surface area contributed by atoms with Crippen molar-refractivity contribution in [3.05, 3.63) is 36.2 Å². The molecule has 3 heterocycles. The van der Waals surface area contributed by atoms with Crippen LogP contribution >= 0.6 is 0 Å². The van der Waals surface area contributed by atoms with E-state index in [1.165, 1.54) is 0 Å². The minimum atomic E-state index is 0.126. The number of hydrogen-bond acceptors (Lipinski definition) is 5. The van der Waals surface area contributed by atoms with Gasteiger partial charge in [-0.1, -0.05) is 0 Å². The van der Waals surface area contributed by atoms with Crippen LogP contribution in [0.15, 0.2) is 30.6 Å². The lowest BCUT2D eigenvalue weighted by Gasteiger charge is -2.21. The third-order valence-electron chi connectivity index (χ3n) is 5.03. The highest BCUT2D eigenvalue weighted by Gasteiger charge is 2.31. The number of amides is 1. The van der Waals surface area contributed by atoms with Gasteiger partial charge in [0.1, 0.15) is 6.33 Å². The zero-order valence-electron chi connectivity index (χ0n) is 12.9. The van der Waals surface area contributed by atoms with Crippen LogP contribution in [0.1, 0.15) is 23.2 Å². The Bertz CT molecular complexity index is 654. The summed E-state index contributed by atoms with van der Waals surface area (Å²) in [4.78, 5) is 14.7. The van der Waals surface area contributed by atoms with Gasteiger partial charge in [-0.25, -0.2) is 4.68 Å². The fourth-order valence-electron chi connectivity index (χ4n) is 3.64. The first-order valence-electron chi connectivity index (χ1n) is 8.14. The summed E-state index contributed by atoms with van der Waals surface area (Å²) in [5.74, 6) is 1.59. The Morgan fingerprint density at radius 2 is 1.78 bits per heavy atom. The minimum Gasteiger partial charge on any atom is -0.339 e. The van der Waals surface area contributed by atoms with E-state index in [4.69, 9.17) is 0 Å². The topological polar surface area (TPSA) is 75.9 Å². The largest absolute Gasteiger partial charge is 0.339 e. The molecule has 120 valence electrons. The lowest BCUT2D eigenvalue weighted by Crippen LogP contribution is -2.32. The molecule has 2 aliphatic rings. The van der Waals surface area contributed by atoms with Gasteiger partial charge in [-0.05, 0) is 72.5 Å². The first-order chi connectivity index (χ1) is 11.3. The van der Waals surface area contributed by atoms with Crippen LogP contribution in [-0.2, 0) is 0 Å². The lowest BCUT2D eigenvalue weighted by molar-refractivity contribution is 0.0758. The number of rotatable bonds is 2. The van der Waals surface area contributed by atoms with Crippen LogP contribution < -0.4 is 5.32 Å². The van der Waals surface area contributed by atoms with Gasteiger partial charge in [-0.15, -0.1) is 5.10 Å². The number of benzene rings is 1. The molecule has 4 rings (SSSR count). The zero-order chi connectivity index (χ0) is 15.6. The number of nitrogens with zero attached hydrogens (tertiary/aromatic N) is 5. The summed E-state index contributed by atoms with van der Waals surface area (Å²) in [6.45, 7) is 3.92. The Labute approximate surface area is 134 Å². The standard InChI is InChI=1S/C16H20N6O/c23-16(21-7-5-13-9-17-10-14(13)6-8-21)12-1-3-15(4-2-12)22-11-18-19-20-22/h1-4,11,13-14,17H,5-10H2/t13-,14+.